The molecular formula is C60H57BFN3. The maximum Gasteiger partial charge on any atom is 0.252 e. The summed E-state index contributed by atoms with van der Waals surface area (Å²) in [6.07, 6.45) is 0. The van der Waals surface area contributed by atoms with Gasteiger partial charge in [0.1, 0.15) is 5.82 Å². The van der Waals surface area contributed by atoms with Crippen LogP contribution in [0.25, 0.3) is 11.1 Å². The Balaban J connectivity index is 1.36. The van der Waals surface area contributed by atoms with Gasteiger partial charge in [-0.3, -0.25) is 0 Å². The van der Waals surface area contributed by atoms with E-state index in [2.05, 4.69) is 235 Å². The largest absolute Gasteiger partial charge is 0.311 e. The lowest BCUT2D eigenvalue weighted by Gasteiger charge is -2.46. The van der Waals surface area contributed by atoms with Crippen LogP contribution in [-0.4, -0.2) is 6.71 Å². The SMILES string of the molecule is CC(C)(C)c1ccc(-c2ccccc2N2c3ccc(C(C)(C)C)cc3B3c4cc(C(C)(C)C)ccc4N(c4ccccc4F)c4cc(N(c5ccccc5)c5ccccc5)cc2c43)cc1. The normalized spacial score (nSPS) is 13.3. The van der Waals surface area contributed by atoms with Crippen LogP contribution in [0.5, 0.6) is 0 Å². The van der Waals surface area contributed by atoms with Gasteiger partial charge in [-0.1, -0.05) is 178 Å². The molecular weight excluding hydrogens is 792 g/mol. The van der Waals surface area contributed by atoms with Crippen molar-refractivity contribution in [2.45, 2.75) is 78.6 Å². The van der Waals surface area contributed by atoms with Gasteiger partial charge in [-0.15, -0.1) is 0 Å². The van der Waals surface area contributed by atoms with Gasteiger partial charge in [0.25, 0.3) is 6.71 Å². The van der Waals surface area contributed by atoms with Crippen LogP contribution < -0.4 is 31.1 Å². The van der Waals surface area contributed by atoms with E-state index >= 15 is 4.39 Å². The Labute approximate surface area is 385 Å². The van der Waals surface area contributed by atoms with E-state index in [1.807, 2.05) is 12.1 Å². The third-order valence-corrected chi connectivity index (χ3v) is 13.4. The molecule has 0 radical (unpaired) electrons. The second kappa shape index (κ2) is 15.7. The number of benzene rings is 8. The molecule has 0 aromatic heterocycles. The summed E-state index contributed by atoms with van der Waals surface area (Å²) in [5, 5.41) is 0. The van der Waals surface area contributed by atoms with Gasteiger partial charge in [-0.2, -0.15) is 0 Å². The summed E-state index contributed by atoms with van der Waals surface area (Å²) in [5.74, 6) is -0.272. The Morgan fingerprint density at radius 3 is 1.31 bits per heavy atom. The molecule has 0 N–H and O–H groups in total. The maximum atomic E-state index is 16.8. The zero-order valence-corrected chi connectivity index (χ0v) is 39.1. The molecule has 0 amide bonds. The second-order valence-electron chi connectivity index (χ2n) is 20.9. The highest BCUT2D eigenvalue weighted by Crippen LogP contribution is 2.50. The van der Waals surface area contributed by atoms with Crippen molar-refractivity contribution in [3.63, 3.8) is 0 Å². The number of halogens is 1. The van der Waals surface area contributed by atoms with Crippen molar-refractivity contribution in [2.75, 3.05) is 14.7 Å². The number of anilines is 9. The van der Waals surface area contributed by atoms with Crippen LogP contribution in [0.15, 0.2) is 182 Å². The van der Waals surface area contributed by atoms with E-state index in [4.69, 9.17) is 0 Å². The van der Waals surface area contributed by atoms with Crippen LogP contribution in [0.3, 0.4) is 0 Å². The van der Waals surface area contributed by atoms with E-state index in [0.29, 0.717) is 5.69 Å². The standard InChI is InChI=1S/C60H57BFN3/c1-58(2,3)41-30-28-40(29-31-41)47-24-16-18-26-51(47)64-52-34-32-42(59(4,5)6)36-48(52)61-49-37-43(60(7,8)9)33-35-53(49)65(54-27-19-17-25-50(54)62)56-39-46(38-55(64)57(56)61)63(44-20-12-10-13-21-44)45-22-14-11-15-23-45/h10-39H,1-9H3. The fourth-order valence-corrected chi connectivity index (χ4v) is 9.87. The van der Waals surface area contributed by atoms with E-state index in [-0.39, 0.29) is 28.8 Å². The van der Waals surface area contributed by atoms with E-state index in [0.717, 1.165) is 62.1 Å². The quantitative estimate of drug-likeness (QED) is 0.154. The molecule has 65 heavy (non-hydrogen) atoms. The predicted octanol–water partition coefficient (Wildman–Crippen LogP) is 14.9. The molecule has 0 atom stereocenters. The molecule has 5 heteroatoms. The number of fused-ring (bicyclic) bond motifs is 4. The molecule has 0 bridgehead atoms. The Hall–Kier alpha value is -6.85. The molecule has 2 heterocycles. The lowest BCUT2D eigenvalue weighted by molar-refractivity contribution is 0.590. The molecule has 0 aliphatic carbocycles. The highest BCUT2D eigenvalue weighted by atomic mass is 19.1. The van der Waals surface area contributed by atoms with Gasteiger partial charge in [-0.25, -0.2) is 4.39 Å². The molecule has 0 spiro atoms. The van der Waals surface area contributed by atoms with E-state index in [9.17, 15) is 0 Å². The van der Waals surface area contributed by atoms with Gasteiger partial charge < -0.3 is 14.7 Å². The first kappa shape index (κ1) is 42.1. The maximum absolute atomic E-state index is 16.8. The van der Waals surface area contributed by atoms with Gasteiger partial charge in [-0.05, 0) is 122 Å². The van der Waals surface area contributed by atoms with Crippen LogP contribution >= 0.6 is 0 Å². The molecule has 0 unspecified atom stereocenters. The molecule has 10 rings (SSSR count). The van der Waals surface area contributed by atoms with Crippen molar-refractivity contribution in [3.05, 3.63) is 204 Å². The first-order valence-electron chi connectivity index (χ1n) is 23.0. The fraction of sp³-hybridized carbons (Fsp3) is 0.200. The molecule has 0 saturated carbocycles. The molecule has 0 saturated heterocycles. The first-order chi connectivity index (χ1) is 31.1. The average Bonchev–Trinajstić information content (AvgIpc) is 3.29. The number of nitrogens with zero attached hydrogens (tertiary/aromatic N) is 3. The number of hydrogen-bond acceptors (Lipinski definition) is 3. The van der Waals surface area contributed by atoms with E-state index in [1.54, 1.807) is 12.1 Å². The van der Waals surface area contributed by atoms with Gasteiger partial charge in [0.2, 0.25) is 0 Å². The summed E-state index contributed by atoms with van der Waals surface area (Å²) < 4.78 is 16.8. The highest BCUT2D eigenvalue weighted by molar-refractivity contribution is 7.00. The first-order valence-corrected chi connectivity index (χ1v) is 23.0. The minimum atomic E-state index is -0.272. The van der Waals surface area contributed by atoms with E-state index in [1.165, 1.54) is 27.6 Å². The van der Waals surface area contributed by atoms with Crippen molar-refractivity contribution >= 4 is 74.3 Å². The van der Waals surface area contributed by atoms with Gasteiger partial charge >= 0.3 is 0 Å². The third-order valence-electron chi connectivity index (χ3n) is 13.4. The van der Waals surface area contributed by atoms with Crippen molar-refractivity contribution in [2.24, 2.45) is 0 Å². The topological polar surface area (TPSA) is 9.72 Å². The Kier molecular flexibility index (Phi) is 10.2. The number of hydrogen-bond donors (Lipinski definition) is 0. The lowest BCUT2D eigenvalue weighted by Crippen LogP contribution is -2.61. The Bertz CT molecular complexity index is 3030. The summed E-state index contributed by atoms with van der Waals surface area (Å²) in [7, 11) is 0. The highest BCUT2D eigenvalue weighted by Gasteiger charge is 2.45. The molecule has 3 nitrogen and oxygen atoms in total. The van der Waals surface area contributed by atoms with Crippen LogP contribution in [0.1, 0.15) is 79.0 Å². The average molecular weight is 850 g/mol. The molecule has 322 valence electrons. The lowest BCUT2D eigenvalue weighted by atomic mass is 9.33. The van der Waals surface area contributed by atoms with Gasteiger partial charge in [0, 0.05) is 39.7 Å². The molecule has 8 aromatic carbocycles. The molecule has 0 fully saturated rings. The van der Waals surface area contributed by atoms with E-state index < -0.39 is 0 Å². The molecule has 8 aromatic rings. The predicted molar refractivity (Wildman–Crippen MR) is 277 cm³/mol. The van der Waals surface area contributed by atoms with Crippen LogP contribution in [-0.2, 0) is 16.2 Å². The molecule has 2 aliphatic rings. The van der Waals surface area contributed by atoms with Gasteiger partial charge in [0.15, 0.2) is 0 Å². The summed E-state index contributed by atoms with van der Waals surface area (Å²) in [4.78, 5) is 7.02. The number of para-hydroxylation sites is 4. The van der Waals surface area contributed by atoms with Crippen LogP contribution in [0.2, 0.25) is 0 Å². The minimum Gasteiger partial charge on any atom is -0.311 e. The fourth-order valence-electron chi connectivity index (χ4n) is 9.87. The summed E-state index contributed by atoms with van der Waals surface area (Å²) in [5.41, 5.74) is 18.2. The number of rotatable bonds is 6. The van der Waals surface area contributed by atoms with Crippen LogP contribution in [0, 0.1) is 5.82 Å². The van der Waals surface area contributed by atoms with Gasteiger partial charge in [0.05, 0.1) is 17.1 Å². The molecule has 2 aliphatic heterocycles. The smallest absolute Gasteiger partial charge is 0.252 e. The Morgan fingerprint density at radius 1 is 0.385 bits per heavy atom. The summed E-state index contributed by atoms with van der Waals surface area (Å²) in [6, 6.07) is 65.0. The third kappa shape index (κ3) is 7.41. The second-order valence-corrected chi connectivity index (χ2v) is 20.9. The Morgan fingerprint density at radius 2 is 0.815 bits per heavy atom. The monoisotopic (exact) mass is 849 g/mol. The van der Waals surface area contributed by atoms with Crippen molar-refractivity contribution < 1.29 is 4.39 Å². The van der Waals surface area contributed by atoms with Crippen LogP contribution in [0.4, 0.5) is 55.6 Å². The zero-order valence-electron chi connectivity index (χ0n) is 39.1. The van der Waals surface area contributed by atoms with Crippen molar-refractivity contribution in [1.82, 2.24) is 0 Å². The van der Waals surface area contributed by atoms with Crippen molar-refractivity contribution in [3.8, 4) is 11.1 Å². The zero-order chi connectivity index (χ0) is 45.4. The summed E-state index contributed by atoms with van der Waals surface area (Å²) >= 11 is 0. The minimum absolute atomic E-state index is 0.0275. The summed E-state index contributed by atoms with van der Waals surface area (Å²) in [6.45, 7) is 20.4. The van der Waals surface area contributed by atoms with Crippen molar-refractivity contribution in [1.29, 1.82) is 0 Å².